The highest BCUT2D eigenvalue weighted by Crippen LogP contribution is 2.24. The molecule has 0 bridgehead atoms. The number of aromatic nitrogens is 1. The van der Waals surface area contributed by atoms with Crippen LogP contribution in [0.3, 0.4) is 0 Å². The second-order valence-electron chi connectivity index (χ2n) is 3.15. The van der Waals surface area contributed by atoms with Crippen molar-refractivity contribution in [3.8, 4) is 11.5 Å². The number of carbonyl (C=O) groups excluding carboxylic acids is 1. The normalized spacial score (nSPS) is 9.88. The minimum Gasteiger partial charge on any atom is -0.508 e. The Morgan fingerprint density at radius 3 is 2.47 bits per heavy atom. The molecule has 4 N–H and O–H groups in total. The van der Waals surface area contributed by atoms with Crippen molar-refractivity contribution in [3.63, 3.8) is 0 Å². The Kier molecular flexibility index (Phi) is 3.10. The highest BCUT2D eigenvalue weighted by atomic mass is 32.1. The minimum absolute atomic E-state index is 0.130. The van der Waals surface area contributed by atoms with E-state index in [1.165, 1.54) is 29.5 Å². The molecule has 88 valence electrons. The van der Waals surface area contributed by atoms with Crippen molar-refractivity contribution in [2.75, 3.05) is 10.6 Å². The number of hydrogen-bond donors (Lipinski definition) is 4. The van der Waals surface area contributed by atoms with Gasteiger partial charge < -0.3 is 15.5 Å². The smallest absolute Gasteiger partial charge is 0.325 e. The summed E-state index contributed by atoms with van der Waals surface area (Å²) in [5, 5.41) is 25.6. The molecular formula is C10H9N3O3S. The van der Waals surface area contributed by atoms with Crippen molar-refractivity contribution < 1.29 is 15.0 Å². The average molecular weight is 251 g/mol. The SMILES string of the molecule is O=C(Nc1cc(O)cc(O)c1)Nc1nccs1. The maximum atomic E-state index is 11.5. The van der Waals surface area contributed by atoms with Crippen molar-refractivity contribution in [3.05, 3.63) is 29.8 Å². The van der Waals surface area contributed by atoms with Crippen molar-refractivity contribution in [1.29, 1.82) is 0 Å². The molecule has 0 radical (unpaired) electrons. The van der Waals surface area contributed by atoms with Gasteiger partial charge >= 0.3 is 6.03 Å². The molecule has 0 saturated carbocycles. The van der Waals surface area contributed by atoms with Crippen molar-refractivity contribution in [1.82, 2.24) is 4.98 Å². The zero-order chi connectivity index (χ0) is 12.3. The van der Waals surface area contributed by atoms with E-state index in [1.807, 2.05) is 0 Å². The number of nitrogens with zero attached hydrogens (tertiary/aromatic N) is 1. The summed E-state index contributed by atoms with van der Waals surface area (Å²) in [5.74, 6) is -0.260. The lowest BCUT2D eigenvalue weighted by atomic mass is 10.3. The number of carbonyl (C=O) groups is 1. The summed E-state index contributed by atoms with van der Waals surface area (Å²) < 4.78 is 0. The molecule has 2 amide bonds. The number of thiazole rings is 1. The summed E-state index contributed by atoms with van der Waals surface area (Å²) in [4.78, 5) is 15.4. The molecule has 0 aliphatic rings. The Labute approximate surface area is 101 Å². The Balaban J connectivity index is 2.03. The summed E-state index contributed by atoms with van der Waals surface area (Å²) >= 11 is 1.29. The van der Waals surface area contributed by atoms with Gasteiger partial charge in [0, 0.05) is 35.5 Å². The van der Waals surface area contributed by atoms with Gasteiger partial charge in [0.25, 0.3) is 0 Å². The lowest BCUT2D eigenvalue weighted by molar-refractivity contribution is 0.262. The lowest BCUT2D eigenvalue weighted by Gasteiger charge is -2.06. The van der Waals surface area contributed by atoms with Crippen LogP contribution in [0.2, 0.25) is 0 Å². The van der Waals surface area contributed by atoms with Crippen LogP contribution in [0.4, 0.5) is 15.6 Å². The average Bonchev–Trinajstić information content (AvgIpc) is 2.67. The van der Waals surface area contributed by atoms with Gasteiger partial charge in [-0.25, -0.2) is 9.78 Å². The summed E-state index contributed by atoms with van der Waals surface area (Å²) in [6.45, 7) is 0. The van der Waals surface area contributed by atoms with Crippen LogP contribution in [0.25, 0.3) is 0 Å². The molecule has 0 spiro atoms. The number of nitrogens with one attached hydrogen (secondary N) is 2. The first-order valence-electron chi connectivity index (χ1n) is 4.64. The number of hydrogen-bond acceptors (Lipinski definition) is 5. The Bertz CT molecular complexity index is 507. The van der Waals surface area contributed by atoms with E-state index in [2.05, 4.69) is 15.6 Å². The van der Waals surface area contributed by atoms with Crippen LogP contribution in [0.15, 0.2) is 29.8 Å². The summed E-state index contributed by atoms with van der Waals surface area (Å²) in [6.07, 6.45) is 1.57. The van der Waals surface area contributed by atoms with Crippen LogP contribution in [0.1, 0.15) is 0 Å². The van der Waals surface area contributed by atoms with Gasteiger partial charge in [-0.3, -0.25) is 5.32 Å². The quantitative estimate of drug-likeness (QED) is 0.658. The standard InChI is InChI=1S/C10H9N3O3S/c14-7-3-6(4-8(15)5-7)12-9(16)13-10-11-1-2-17-10/h1-5,14-15H,(H2,11,12,13,16). The summed E-state index contributed by atoms with van der Waals surface area (Å²) in [6, 6.07) is 3.32. The molecule has 0 fully saturated rings. The van der Waals surface area contributed by atoms with Gasteiger partial charge in [-0.2, -0.15) is 0 Å². The van der Waals surface area contributed by atoms with E-state index >= 15 is 0 Å². The molecule has 6 nitrogen and oxygen atoms in total. The van der Waals surface area contributed by atoms with Crippen LogP contribution in [0.5, 0.6) is 11.5 Å². The van der Waals surface area contributed by atoms with Gasteiger partial charge in [-0.1, -0.05) is 0 Å². The number of phenolic OH excluding ortho intramolecular Hbond substituents is 2. The third-order valence-electron chi connectivity index (χ3n) is 1.81. The predicted octanol–water partition coefficient (Wildman–Crippen LogP) is 2.20. The largest absolute Gasteiger partial charge is 0.508 e. The number of urea groups is 1. The molecule has 0 aliphatic carbocycles. The van der Waals surface area contributed by atoms with E-state index in [0.717, 1.165) is 0 Å². The van der Waals surface area contributed by atoms with E-state index in [-0.39, 0.29) is 17.2 Å². The molecule has 1 aromatic heterocycles. The molecule has 1 heterocycles. The first kappa shape index (κ1) is 11.2. The summed E-state index contributed by atoms with van der Waals surface area (Å²) in [7, 11) is 0. The molecule has 0 atom stereocenters. The van der Waals surface area contributed by atoms with Gasteiger partial charge in [0.15, 0.2) is 5.13 Å². The van der Waals surface area contributed by atoms with E-state index in [0.29, 0.717) is 5.13 Å². The van der Waals surface area contributed by atoms with Crippen LogP contribution in [0, 0.1) is 0 Å². The highest BCUT2D eigenvalue weighted by Gasteiger charge is 2.05. The Hall–Kier alpha value is -2.28. The molecule has 0 unspecified atom stereocenters. The van der Waals surface area contributed by atoms with Crippen molar-refractivity contribution in [2.45, 2.75) is 0 Å². The van der Waals surface area contributed by atoms with Crippen molar-refractivity contribution >= 4 is 28.2 Å². The highest BCUT2D eigenvalue weighted by molar-refractivity contribution is 7.13. The molecule has 0 aliphatic heterocycles. The maximum Gasteiger partial charge on any atom is 0.325 e. The number of rotatable bonds is 2. The summed E-state index contributed by atoms with van der Waals surface area (Å²) in [5.41, 5.74) is 0.288. The van der Waals surface area contributed by atoms with Crippen LogP contribution in [-0.2, 0) is 0 Å². The van der Waals surface area contributed by atoms with Crippen LogP contribution >= 0.6 is 11.3 Å². The first-order chi connectivity index (χ1) is 8.13. The first-order valence-corrected chi connectivity index (χ1v) is 5.52. The number of aromatic hydroxyl groups is 2. The maximum absolute atomic E-state index is 11.5. The monoisotopic (exact) mass is 251 g/mol. The molecule has 0 saturated heterocycles. The second-order valence-corrected chi connectivity index (χ2v) is 4.05. The molecule has 2 aromatic rings. The molecule has 7 heteroatoms. The fourth-order valence-electron chi connectivity index (χ4n) is 1.21. The minimum atomic E-state index is -0.495. The third-order valence-corrected chi connectivity index (χ3v) is 2.50. The van der Waals surface area contributed by atoms with E-state index < -0.39 is 6.03 Å². The Morgan fingerprint density at radius 2 is 1.88 bits per heavy atom. The molecule has 2 rings (SSSR count). The Morgan fingerprint density at radius 1 is 1.18 bits per heavy atom. The molecular weight excluding hydrogens is 242 g/mol. The number of phenols is 2. The predicted molar refractivity (Wildman–Crippen MR) is 64.5 cm³/mol. The fraction of sp³-hybridized carbons (Fsp3) is 0. The van der Waals surface area contributed by atoms with Gasteiger partial charge in [0.2, 0.25) is 0 Å². The van der Waals surface area contributed by atoms with Gasteiger partial charge in [0.1, 0.15) is 11.5 Å². The van der Waals surface area contributed by atoms with E-state index in [4.69, 9.17) is 0 Å². The van der Waals surface area contributed by atoms with Gasteiger partial charge in [0.05, 0.1) is 0 Å². The topological polar surface area (TPSA) is 94.5 Å². The third kappa shape index (κ3) is 3.08. The van der Waals surface area contributed by atoms with E-state index in [1.54, 1.807) is 11.6 Å². The molecule has 1 aromatic carbocycles. The number of benzene rings is 1. The number of anilines is 2. The fourth-order valence-corrected chi connectivity index (χ4v) is 1.74. The van der Waals surface area contributed by atoms with Gasteiger partial charge in [-0.15, -0.1) is 11.3 Å². The lowest BCUT2D eigenvalue weighted by Crippen LogP contribution is -2.19. The van der Waals surface area contributed by atoms with Crippen molar-refractivity contribution in [2.24, 2.45) is 0 Å². The van der Waals surface area contributed by atoms with Gasteiger partial charge in [-0.05, 0) is 0 Å². The second kappa shape index (κ2) is 4.71. The van der Waals surface area contributed by atoms with E-state index in [9.17, 15) is 15.0 Å². The number of amides is 2. The van der Waals surface area contributed by atoms with Crippen LogP contribution < -0.4 is 10.6 Å². The molecule has 17 heavy (non-hydrogen) atoms. The van der Waals surface area contributed by atoms with Crippen LogP contribution in [-0.4, -0.2) is 21.2 Å². The zero-order valence-corrected chi connectivity index (χ0v) is 9.36. The zero-order valence-electron chi connectivity index (χ0n) is 8.54.